The number of nitrogens with one attached hydrogen (secondary N) is 1. The van der Waals surface area contributed by atoms with Crippen LogP contribution in [-0.4, -0.2) is 32.6 Å². The second-order valence-electron chi connectivity index (χ2n) is 4.80. The predicted octanol–water partition coefficient (Wildman–Crippen LogP) is 1.96. The van der Waals surface area contributed by atoms with Crippen LogP contribution in [0.1, 0.15) is 24.8 Å². The molecule has 1 unspecified atom stereocenters. The summed E-state index contributed by atoms with van der Waals surface area (Å²) in [4.78, 5) is 12.0. The zero-order valence-electron chi connectivity index (χ0n) is 11.6. The number of hydrogen-bond acceptors (Lipinski definition) is 4. The van der Waals surface area contributed by atoms with Gasteiger partial charge in [0.2, 0.25) is 0 Å². The first-order valence-corrected chi connectivity index (χ1v) is 6.71. The van der Waals surface area contributed by atoms with Crippen molar-refractivity contribution >= 4 is 5.78 Å². The standard InChI is InChI=1S/C15H21NO3/c1-18-14-8-6-11(10-15(14)19-2)5-7-13(17)12-4-3-9-16-12/h6,8,10,12,16H,3-5,7,9H2,1-2H3. The number of hydrogen-bond donors (Lipinski definition) is 1. The van der Waals surface area contributed by atoms with Crippen LogP contribution in [0.4, 0.5) is 0 Å². The molecule has 1 aromatic carbocycles. The highest BCUT2D eigenvalue weighted by Crippen LogP contribution is 2.28. The summed E-state index contributed by atoms with van der Waals surface area (Å²) in [5.41, 5.74) is 1.10. The minimum Gasteiger partial charge on any atom is -0.493 e. The largest absolute Gasteiger partial charge is 0.493 e. The van der Waals surface area contributed by atoms with Crippen LogP contribution < -0.4 is 14.8 Å². The van der Waals surface area contributed by atoms with Crippen LogP contribution in [0.25, 0.3) is 0 Å². The van der Waals surface area contributed by atoms with E-state index in [1.54, 1.807) is 14.2 Å². The highest BCUT2D eigenvalue weighted by Gasteiger charge is 2.21. The van der Waals surface area contributed by atoms with E-state index in [-0.39, 0.29) is 6.04 Å². The van der Waals surface area contributed by atoms with Crippen LogP contribution in [-0.2, 0) is 11.2 Å². The van der Waals surface area contributed by atoms with E-state index in [2.05, 4.69) is 5.32 Å². The fourth-order valence-electron chi connectivity index (χ4n) is 2.44. The first-order chi connectivity index (χ1) is 9.24. The molecule has 1 aromatic rings. The second kappa shape index (κ2) is 6.57. The van der Waals surface area contributed by atoms with Crippen molar-refractivity contribution in [3.05, 3.63) is 23.8 Å². The maximum absolute atomic E-state index is 12.0. The van der Waals surface area contributed by atoms with Crippen LogP contribution in [0.3, 0.4) is 0 Å². The molecule has 0 amide bonds. The summed E-state index contributed by atoms with van der Waals surface area (Å²) < 4.78 is 10.5. The smallest absolute Gasteiger partial charge is 0.160 e. The quantitative estimate of drug-likeness (QED) is 0.852. The number of methoxy groups -OCH3 is 2. The number of aryl methyl sites for hydroxylation is 1. The molecule has 0 bridgehead atoms. The van der Waals surface area contributed by atoms with E-state index < -0.39 is 0 Å². The summed E-state index contributed by atoms with van der Waals surface area (Å²) >= 11 is 0. The van der Waals surface area contributed by atoms with Gasteiger partial charge in [0.25, 0.3) is 0 Å². The van der Waals surface area contributed by atoms with Gasteiger partial charge in [0.15, 0.2) is 11.5 Å². The Morgan fingerprint density at radius 2 is 2.11 bits per heavy atom. The summed E-state index contributed by atoms with van der Waals surface area (Å²) in [6, 6.07) is 5.87. The molecule has 0 radical (unpaired) electrons. The Labute approximate surface area is 114 Å². The topological polar surface area (TPSA) is 47.6 Å². The van der Waals surface area contributed by atoms with Gasteiger partial charge in [0.05, 0.1) is 20.3 Å². The molecule has 0 saturated carbocycles. The third-order valence-electron chi connectivity index (χ3n) is 3.56. The molecule has 104 valence electrons. The van der Waals surface area contributed by atoms with Crippen molar-refractivity contribution in [1.82, 2.24) is 5.32 Å². The summed E-state index contributed by atoms with van der Waals surface area (Å²) in [5, 5.41) is 3.24. The van der Waals surface area contributed by atoms with E-state index in [1.807, 2.05) is 18.2 Å². The summed E-state index contributed by atoms with van der Waals surface area (Å²) in [7, 11) is 3.24. The molecule has 1 atom stereocenters. The molecule has 2 rings (SSSR count). The Balaban J connectivity index is 1.93. The Kier molecular flexibility index (Phi) is 4.80. The molecule has 0 aliphatic carbocycles. The average Bonchev–Trinajstić information content (AvgIpc) is 2.98. The van der Waals surface area contributed by atoms with Crippen molar-refractivity contribution in [2.45, 2.75) is 31.7 Å². The normalized spacial score (nSPS) is 18.3. The maximum Gasteiger partial charge on any atom is 0.160 e. The first kappa shape index (κ1) is 13.9. The summed E-state index contributed by atoms with van der Waals surface area (Å²) in [6.45, 7) is 0.965. The van der Waals surface area contributed by atoms with Gasteiger partial charge in [-0.1, -0.05) is 6.07 Å². The SMILES string of the molecule is COc1ccc(CCC(=O)C2CCCN2)cc1OC. The lowest BCUT2D eigenvalue weighted by Gasteiger charge is -2.11. The van der Waals surface area contributed by atoms with Gasteiger partial charge in [-0.3, -0.25) is 4.79 Å². The molecule has 1 saturated heterocycles. The monoisotopic (exact) mass is 263 g/mol. The van der Waals surface area contributed by atoms with Gasteiger partial charge < -0.3 is 14.8 Å². The molecule has 0 spiro atoms. The van der Waals surface area contributed by atoms with Crippen molar-refractivity contribution in [3.8, 4) is 11.5 Å². The molecule has 19 heavy (non-hydrogen) atoms. The molecule has 1 fully saturated rings. The van der Waals surface area contributed by atoms with E-state index in [0.717, 1.165) is 37.1 Å². The van der Waals surface area contributed by atoms with Gasteiger partial charge in [0, 0.05) is 6.42 Å². The molecule has 1 N–H and O–H groups in total. The van der Waals surface area contributed by atoms with Crippen molar-refractivity contribution < 1.29 is 14.3 Å². The van der Waals surface area contributed by atoms with Crippen molar-refractivity contribution in [2.75, 3.05) is 20.8 Å². The van der Waals surface area contributed by atoms with Crippen LogP contribution in [0.2, 0.25) is 0 Å². The number of Topliss-reactive ketones (excluding diaryl/α,β-unsaturated/α-hetero) is 1. The highest BCUT2D eigenvalue weighted by molar-refractivity contribution is 5.84. The van der Waals surface area contributed by atoms with E-state index in [0.29, 0.717) is 18.0 Å². The Morgan fingerprint density at radius 3 is 2.74 bits per heavy atom. The lowest BCUT2D eigenvalue weighted by molar-refractivity contribution is -0.120. The number of ether oxygens (including phenoxy) is 2. The minimum absolute atomic E-state index is 0.0696. The van der Waals surface area contributed by atoms with E-state index in [1.165, 1.54) is 0 Å². The molecule has 0 aromatic heterocycles. The molecule has 1 aliphatic rings. The minimum atomic E-state index is 0.0696. The average molecular weight is 263 g/mol. The number of rotatable bonds is 6. The van der Waals surface area contributed by atoms with Gasteiger partial charge in [-0.05, 0) is 43.5 Å². The van der Waals surface area contributed by atoms with Crippen molar-refractivity contribution in [1.29, 1.82) is 0 Å². The van der Waals surface area contributed by atoms with Gasteiger partial charge in [-0.15, -0.1) is 0 Å². The van der Waals surface area contributed by atoms with Crippen LogP contribution in [0, 0.1) is 0 Å². The summed E-state index contributed by atoms with van der Waals surface area (Å²) in [6.07, 6.45) is 3.40. The first-order valence-electron chi connectivity index (χ1n) is 6.71. The molecular weight excluding hydrogens is 242 g/mol. The number of carbonyl (C=O) groups is 1. The molecular formula is C15H21NO3. The van der Waals surface area contributed by atoms with Gasteiger partial charge in [-0.25, -0.2) is 0 Å². The van der Waals surface area contributed by atoms with E-state index in [9.17, 15) is 4.79 Å². The fourth-order valence-corrected chi connectivity index (χ4v) is 2.44. The van der Waals surface area contributed by atoms with Crippen LogP contribution in [0.15, 0.2) is 18.2 Å². The zero-order valence-corrected chi connectivity index (χ0v) is 11.6. The number of carbonyl (C=O) groups excluding carboxylic acids is 1. The molecule has 1 heterocycles. The van der Waals surface area contributed by atoms with Crippen molar-refractivity contribution in [2.24, 2.45) is 0 Å². The van der Waals surface area contributed by atoms with Crippen molar-refractivity contribution in [3.63, 3.8) is 0 Å². The van der Waals surface area contributed by atoms with E-state index in [4.69, 9.17) is 9.47 Å². The highest BCUT2D eigenvalue weighted by atomic mass is 16.5. The molecule has 4 heteroatoms. The van der Waals surface area contributed by atoms with Gasteiger partial charge in [0.1, 0.15) is 5.78 Å². The number of benzene rings is 1. The molecule has 1 aliphatic heterocycles. The second-order valence-corrected chi connectivity index (χ2v) is 4.80. The Bertz CT molecular complexity index is 439. The Morgan fingerprint density at radius 1 is 1.32 bits per heavy atom. The van der Waals surface area contributed by atoms with E-state index >= 15 is 0 Å². The maximum atomic E-state index is 12.0. The fraction of sp³-hybridized carbons (Fsp3) is 0.533. The molecule has 4 nitrogen and oxygen atoms in total. The van der Waals surface area contributed by atoms with Gasteiger partial charge >= 0.3 is 0 Å². The lowest BCUT2D eigenvalue weighted by Crippen LogP contribution is -2.30. The van der Waals surface area contributed by atoms with Crippen LogP contribution in [0.5, 0.6) is 11.5 Å². The van der Waals surface area contributed by atoms with Gasteiger partial charge in [-0.2, -0.15) is 0 Å². The third-order valence-corrected chi connectivity index (χ3v) is 3.56. The van der Waals surface area contributed by atoms with Crippen LogP contribution >= 0.6 is 0 Å². The number of ketones is 1. The Hall–Kier alpha value is -1.55. The lowest BCUT2D eigenvalue weighted by atomic mass is 10.0. The zero-order chi connectivity index (χ0) is 13.7. The summed E-state index contributed by atoms with van der Waals surface area (Å²) in [5.74, 6) is 1.74. The predicted molar refractivity (Wildman–Crippen MR) is 73.9 cm³/mol. The third kappa shape index (κ3) is 3.47.